The highest BCUT2D eigenvalue weighted by Crippen LogP contribution is 2.18. The van der Waals surface area contributed by atoms with Crippen LogP contribution in [0.15, 0.2) is 0 Å². The molecule has 2 N–H and O–H groups in total. The number of rotatable bonds is 10. The molecular formula is C14H32N2S. The van der Waals surface area contributed by atoms with Crippen LogP contribution in [0.25, 0.3) is 0 Å². The molecule has 0 amide bonds. The van der Waals surface area contributed by atoms with Crippen molar-refractivity contribution >= 4 is 11.8 Å². The zero-order valence-electron chi connectivity index (χ0n) is 12.4. The topological polar surface area (TPSA) is 29.3 Å². The summed E-state index contributed by atoms with van der Waals surface area (Å²) in [6, 6.07) is 1.27. The van der Waals surface area contributed by atoms with Crippen LogP contribution in [0.1, 0.15) is 47.0 Å². The first kappa shape index (κ1) is 17.3. The van der Waals surface area contributed by atoms with Crippen LogP contribution in [0.3, 0.4) is 0 Å². The lowest BCUT2D eigenvalue weighted by Gasteiger charge is -2.38. The fourth-order valence-electron chi connectivity index (χ4n) is 2.45. The summed E-state index contributed by atoms with van der Waals surface area (Å²) in [5, 5.41) is 0. The first-order valence-electron chi connectivity index (χ1n) is 7.05. The van der Waals surface area contributed by atoms with Gasteiger partial charge in [-0.25, -0.2) is 0 Å². The van der Waals surface area contributed by atoms with Gasteiger partial charge in [-0.15, -0.1) is 0 Å². The minimum atomic E-state index is 0.565. The lowest BCUT2D eigenvalue weighted by molar-refractivity contribution is 0.110. The van der Waals surface area contributed by atoms with Crippen LogP contribution in [0.4, 0.5) is 0 Å². The number of hydrogen-bond donors (Lipinski definition) is 1. The van der Waals surface area contributed by atoms with Crippen LogP contribution in [0, 0.1) is 5.92 Å². The molecule has 0 aliphatic carbocycles. The molecule has 0 saturated heterocycles. The van der Waals surface area contributed by atoms with Crippen molar-refractivity contribution < 1.29 is 0 Å². The van der Waals surface area contributed by atoms with Gasteiger partial charge >= 0.3 is 0 Å². The van der Waals surface area contributed by atoms with Crippen molar-refractivity contribution in [2.45, 2.75) is 59.0 Å². The van der Waals surface area contributed by atoms with E-state index in [9.17, 15) is 0 Å². The quantitative estimate of drug-likeness (QED) is 0.654. The molecule has 104 valence electrons. The average Bonchev–Trinajstić information content (AvgIpc) is 2.30. The fraction of sp³-hybridized carbons (Fsp3) is 1.00. The van der Waals surface area contributed by atoms with E-state index in [0.717, 1.165) is 12.5 Å². The summed E-state index contributed by atoms with van der Waals surface area (Å²) in [5.41, 5.74) is 5.99. The summed E-state index contributed by atoms with van der Waals surface area (Å²) in [6.07, 6.45) is 5.87. The lowest BCUT2D eigenvalue weighted by atomic mass is 10.0. The molecule has 0 aliphatic rings. The average molecular weight is 260 g/mol. The van der Waals surface area contributed by atoms with Crippen molar-refractivity contribution in [3.63, 3.8) is 0 Å². The molecule has 2 nitrogen and oxygen atoms in total. The highest BCUT2D eigenvalue weighted by Gasteiger charge is 2.23. The molecule has 0 aromatic heterocycles. The monoisotopic (exact) mass is 260 g/mol. The van der Waals surface area contributed by atoms with E-state index in [4.69, 9.17) is 5.73 Å². The van der Waals surface area contributed by atoms with Crippen molar-refractivity contribution in [1.29, 1.82) is 0 Å². The van der Waals surface area contributed by atoms with Gasteiger partial charge in [0.15, 0.2) is 0 Å². The first-order valence-corrected chi connectivity index (χ1v) is 8.44. The van der Waals surface area contributed by atoms with Gasteiger partial charge in [0, 0.05) is 25.2 Å². The molecule has 0 aromatic rings. The Hall–Kier alpha value is 0.270. The number of hydrogen-bond acceptors (Lipinski definition) is 3. The molecule has 1 unspecified atom stereocenters. The molecule has 0 aromatic carbocycles. The summed E-state index contributed by atoms with van der Waals surface area (Å²) >= 11 is 1.93. The molecule has 0 radical (unpaired) electrons. The van der Waals surface area contributed by atoms with Gasteiger partial charge in [0.2, 0.25) is 0 Å². The van der Waals surface area contributed by atoms with E-state index in [-0.39, 0.29) is 0 Å². The molecule has 0 rings (SSSR count). The van der Waals surface area contributed by atoms with Crippen LogP contribution in [-0.2, 0) is 0 Å². The second kappa shape index (κ2) is 10.2. The van der Waals surface area contributed by atoms with Crippen molar-refractivity contribution in [2.24, 2.45) is 11.7 Å². The van der Waals surface area contributed by atoms with E-state index < -0.39 is 0 Å². The predicted octanol–water partition coefficient (Wildman–Crippen LogP) is 3.21. The van der Waals surface area contributed by atoms with E-state index in [2.05, 4.69) is 38.9 Å². The summed E-state index contributed by atoms with van der Waals surface area (Å²) < 4.78 is 0. The molecule has 3 heteroatoms. The van der Waals surface area contributed by atoms with Gasteiger partial charge < -0.3 is 5.73 Å². The Balaban J connectivity index is 4.59. The van der Waals surface area contributed by atoms with Crippen LogP contribution >= 0.6 is 11.8 Å². The highest BCUT2D eigenvalue weighted by atomic mass is 32.2. The van der Waals surface area contributed by atoms with Crippen molar-refractivity contribution in [3.8, 4) is 0 Å². The Morgan fingerprint density at radius 2 is 1.71 bits per heavy atom. The normalized spacial score (nSPS) is 13.9. The van der Waals surface area contributed by atoms with Crippen LogP contribution in [0.5, 0.6) is 0 Å². The Bertz CT molecular complexity index is 170. The zero-order chi connectivity index (χ0) is 13.3. The molecule has 0 heterocycles. The molecule has 0 saturated carbocycles. The van der Waals surface area contributed by atoms with Crippen molar-refractivity contribution in [2.75, 3.05) is 25.1 Å². The maximum absolute atomic E-state index is 5.99. The minimum absolute atomic E-state index is 0.565. The Kier molecular flexibility index (Phi) is 10.4. The van der Waals surface area contributed by atoms with Gasteiger partial charge in [-0.2, -0.15) is 11.8 Å². The number of nitrogens with zero attached hydrogens (tertiary/aromatic N) is 1. The Morgan fingerprint density at radius 1 is 1.12 bits per heavy atom. The van der Waals surface area contributed by atoms with Gasteiger partial charge in [0.25, 0.3) is 0 Å². The van der Waals surface area contributed by atoms with Crippen molar-refractivity contribution in [1.82, 2.24) is 4.90 Å². The summed E-state index contributed by atoms with van der Waals surface area (Å²) in [6.45, 7) is 11.2. The standard InChI is InChI=1S/C14H32N2S/c1-6-13(7-2)16(11-12(3)4)14(10-15)8-9-17-5/h12-14H,6-11,15H2,1-5H3. The van der Waals surface area contributed by atoms with Crippen LogP contribution in [0.2, 0.25) is 0 Å². The van der Waals surface area contributed by atoms with E-state index in [1.165, 1.54) is 31.6 Å². The van der Waals surface area contributed by atoms with Gasteiger partial charge in [-0.3, -0.25) is 4.90 Å². The third-order valence-electron chi connectivity index (χ3n) is 3.38. The summed E-state index contributed by atoms with van der Waals surface area (Å²) in [7, 11) is 0. The number of thioether (sulfide) groups is 1. The van der Waals surface area contributed by atoms with Gasteiger partial charge in [0.05, 0.1) is 0 Å². The molecule has 1 atom stereocenters. The van der Waals surface area contributed by atoms with Gasteiger partial charge in [-0.05, 0) is 37.2 Å². The Morgan fingerprint density at radius 3 is 2.06 bits per heavy atom. The van der Waals surface area contributed by atoms with Crippen LogP contribution in [-0.4, -0.2) is 42.1 Å². The van der Waals surface area contributed by atoms with E-state index >= 15 is 0 Å². The summed E-state index contributed by atoms with van der Waals surface area (Å²) in [4.78, 5) is 2.67. The third-order valence-corrected chi connectivity index (χ3v) is 4.03. The fourth-order valence-corrected chi connectivity index (χ4v) is 2.96. The lowest BCUT2D eigenvalue weighted by Crippen LogP contribution is -2.48. The van der Waals surface area contributed by atoms with Crippen LogP contribution < -0.4 is 5.73 Å². The molecule has 17 heavy (non-hydrogen) atoms. The van der Waals surface area contributed by atoms with Gasteiger partial charge in [-0.1, -0.05) is 27.7 Å². The van der Waals surface area contributed by atoms with E-state index in [1.54, 1.807) is 0 Å². The molecule has 0 spiro atoms. The number of nitrogens with two attached hydrogens (primary N) is 1. The first-order chi connectivity index (χ1) is 8.10. The predicted molar refractivity (Wildman–Crippen MR) is 81.8 cm³/mol. The Labute approximate surface area is 113 Å². The summed E-state index contributed by atoms with van der Waals surface area (Å²) in [5.74, 6) is 1.94. The smallest absolute Gasteiger partial charge is 0.0229 e. The molecular weight excluding hydrogens is 228 g/mol. The maximum Gasteiger partial charge on any atom is 0.0229 e. The molecule has 0 bridgehead atoms. The minimum Gasteiger partial charge on any atom is -0.329 e. The SMILES string of the molecule is CCC(CC)N(CC(C)C)C(CN)CCSC. The largest absolute Gasteiger partial charge is 0.329 e. The highest BCUT2D eigenvalue weighted by molar-refractivity contribution is 7.98. The van der Waals surface area contributed by atoms with E-state index in [1.807, 2.05) is 11.8 Å². The second-order valence-corrected chi connectivity index (χ2v) is 6.22. The van der Waals surface area contributed by atoms with E-state index in [0.29, 0.717) is 12.1 Å². The zero-order valence-corrected chi connectivity index (χ0v) is 13.2. The maximum atomic E-state index is 5.99. The molecule has 0 aliphatic heterocycles. The second-order valence-electron chi connectivity index (χ2n) is 5.23. The van der Waals surface area contributed by atoms with Crippen molar-refractivity contribution in [3.05, 3.63) is 0 Å². The molecule has 0 fully saturated rings. The third kappa shape index (κ3) is 6.68. The van der Waals surface area contributed by atoms with Gasteiger partial charge in [0.1, 0.15) is 0 Å².